The molecule has 1 fully saturated rings. The third-order valence-corrected chi connectivity index (χ3v) is 4.56. The molecule has 1 aromatic heterocycles. The van der Waals surface area contributed by atoms with E-state index in [0.717, 1.165) is 30.1 Å². The van der Waals surface area contributed by atoms with Crippen LogP contribution in [0.1, 0.15) is 51.5 Å². The molecule has 1 aliphatic carbocycles. The van der Waals surface area contributed by atoms with Crippen LogP contribution >= 0.6 is 11.6 Å². The van der Waals surface area contributed by atoms with Crippen molar-refractivity contribution in [3.8, 4) is 0 Å². The van der Waals surface area contributed by atoms with Crippen molar-refractivity contribution in [1.29, 1.82) is 0 Å². The van der Waals surface area contributed by atoms with Crippen LogP contribution in [0.15, 0.2) is 6.33 Å². The molecule has 0 aromatic carbocycles. The molecule has 0 bridgehead atoms. The summed E-state index contributed by atoms with van der Waals surface area (Å²) >= 11 is 6.24. The molecule has 1 heterocycles. The number of rotatable bonds is 4. The van der Waals surface area contributed by atoms with Crippen LogP contribution in [0.25, 0.3) is 0 Å². The van der Waals surface area contributed by atoms with Gasteiger partial charge in [0.05, 0.1) is 0 Å². The van der Waals surface area contributed by atoms with E-state index in [4.69, 9.17) is 11.6 Å². The van der Waals surface area contributed by atoms with E-state index in [9.17, 15) is 0 Å². The van der Waals surface area contributed by atoms with Crippen LogP contribution in [-0.4, -0.2) is 23.1 Å². The monoisotopic (exact) mass is 281 g/mol. The van der Waals surface area contributed by atoms with Crippen LogP contribution < -0.4 is 4.90 Å². The Morgan fingerprint density at radius 1 is 1.26 bits per heavy atom. The lowest BCUT2D eigenvalue weighted by Gasteiger charge is -2.35. The summed E-state index contributed by atoms with van der Waals surface area (Å²) in [6, 6.07) is 0.595. The van der Waals surface area contributed by atoms with Crippen molar-refractivity contribution in [3.05, 3.63) is 17.0 Å². The quantitative estimate of drug-likeness (QED) is 0.778. The molecule has 106 valence electrons. The van der Waals surface area contributed by atoms with E-state index < -0.39 is 0 Å². The maximum absolute atomic E-state index is 6.24. The number of halogens is 1. The van der Waals surface area contributed by atoms with Gasteiger partial charge in [0.25, 0.3) is 0 Å². The molecular weight excluding hydrogens is 258 g/mol. The van der Waals surface area contributed by atoms with Crippen molar-refractivity contribution < 1.29 is 0 Å². The summed E-state index contributed by atoms with van der Waals surface area (Å²) < 4.78 is 0. The van der Waals surface area contributed by atoms with Crippen LogP contribution in [0.2, 0.25) is 5.15 Å². The lowest BCUT2D eigenvalue weighted by Crippen LogP contribution is -2.36. The van der Waals surface area contributed by atoms with Crippen molar-refractivity contribution in [1.82, 2.24) is 9.97 Å². The maximum Gasteiger partial charge on any atom is 0.137 e. The van der Waals surface area contributed by atoms with Gasteiger partial charge in [0, 0.05) is 18.7 Å². The molecular formula is C15H24ClN3. The van der Waals surface area contributed by atoms with Crippen LogP contribution in [0.4, 0.5) is 5.82 Å². The maximum atomic E-state index is 6.24. The van der Waals surface area contributed by atoms with Crippen molar-refractivity contribution in [2.75, 3.05) is 11.9 Å². The lowest BCUT2D eigenvalue weighted by molar-refractivity contribution is 0.339. The fraction of sp³-hybridized carbons (Fsp3) is 0.733. The summed E-state index contributed by atoms with van der Waals surface area (Å²) in [5.41, 5.74) is 1.10. The van der Waals surface area contributed by atoms with Gasteiger partial charge in [0.2, 0.25) is 0 Å². The average molecular weight is 282 g/mol. The van der Waals surface area contributed by atoms with Crippen LogP contribution in [0.3, 0.4) is 0 Å². The van der Waals surface area contributed by atoms with Gasteiger partial charge in [-0.1, -0.05) is 31.9 Å². The van der Waals surface area contributed by atoms with E-state index in [0.29, 0.717) is 11.2 Å². The highest BCUT2D eigenvalue weighted by atomic mass is 35.5. The van der Waals surface area contributed by atoms with Crippen molar-refractivity contribution in [2.45, 2.75) is 58.4 Å². The highest BCUT2D eigenvalue weighted by Gasteiger charge is 2.24. The molecule has 0 spiro atoms. The first kappa shape index (κ1) is 14.6. The minimum absolute atomic E-state index is 0.595. The summed E-state index contributed by atoms with van der Waals surface area (Å²) in [5.74, 6) is 1.90. The van der Waals surface area contributed by atoms with Gasteiger partial charge in [-0.05, 0) is 38.0 Å². The zero-order valence-corrected chi connectivity index (χ0v) is 13.0. The van der Waals surface area contributed by atoms with E-state index in [2.05, 4.69) is 35.8 Å². The molecule has 19 heavy (non-hydrogen) atoms. The Morgan fingerprint density at radius 3 is 2.58 bits per heavy atom. The first-order valence-corrected chi connectivity index (χ1v) is 7.73. The summed E-state index contributed by atoms with van der Waals surface area (Å²) in [6.45, 7) is 4.51. The van der Waals surface area contributed by atoms with Crippen LogP contribution in [0, 0.1) is 5.92 Å². The normalized spacial score (nSPS) is 23.4. The van der Waals surface area contributed by atoms with Gasteiger partial charge in [-0.25, -0.2) is 9.97 Å². The zero-order valence-electron chi connectivity index (χ0n) is 12.2. The fourth-order valence-corrected chi connectivity index (χ4v) is 3.18. The molecule has 0 N–H and O–H groups in total. The number of anilines is 1. The summed E-state index contributed by atoms with van der Waals surface area (Å²) in [4.78, 5) is 10.9. The molecule has 3 nitrogen and oxygen atoms in total. The second-order valence-electron chi connectivity index (χ2n) is 5.74. The molecule has 0 amide bonds. The number of nitrogens with zero attached hydrogens (tertiary/aromatic N) is 3. The average Bonchev–Trinajstić information content (AvgIpc) is 2.41. The summed E-state index contributed by atoms with van der Waals surface area (Å²) in [7, 11) is 2.15. The molecule has 0 aliphatic heterocycles. The second-order valence-corrected chi connectivity index (χ2v) is 6.10. The Balaban J connectivity index is 2.18. The zero-order chi connectivity index (χ0) is 13.8. The number of hydrogen-bond acceptors (Lipinski definition) is 3. The Bertz CT molecular complexity index is 414. The molecule has 0 atom stereocenters. The Kier molecular flexibility index (Phi) is 5.03. The highest BCUT2D eigenvalue weighted by Crippen LogP contribution is 2.31. The Labute approximate surface area is 121 Å². The lowest BCUT2D eigenvalue weighted by atomic mass is 9.86. The first-order valence-electron chi connectivity index (χ1n) is 7.35. The second kappa shape index (κ2) is 6.56. The minimum atomic E-state index is 0.595. The molecule has 1 aromatic rings. The van der Waals surface area contributed by atoms with E-state index in [-0.39, 0.29) is 0 Å². The van der Waals surface area contributed by atoms with Crippen molar-refractivity contribution in [2.24, 2.45) is 5.92 Å². The van der Waals surface area contributed by atoms with Gasteiger partial charge in [-0.2, -0.15) is 0 Å². The third kappa shape index (κ3) is 3.38. The number of aromatic nitrogens is 2. The first-order chi connectivity index (χ1) is 9.13. The molecule has 4 heteroatoms. The Hall–Kier alpha value is -0.830. The Morgan fingerprint density at radius 2 is 1.95 bits per heavy atom. The van der Waals surface area contributed by atoms with Crippen LogP contribution in [-0.2, 0) is 6.42 Å². The molecule has 0 radical (unpaired) electrons. The largest absolute Gasteiger partial charge is 0.356 e. The molecule has 2 rings (SSSR count). The molecule has 0 unspecified atom stereocenters. The highest BCUT2D eigenvalue weighted by molar-refractivity contribution is 6.30. The standard InChI is InChI=1S/C15H24ClN3/c1-4-5-13-14(16)17-10-18-15(13)19(3)12-8-6-11(2)7-9-12/h10-12H,4-9H2,1-3H3. The van der Waals surface area contributed by atoms with Gasteiger partial charge >= 0.3 is 0 Å². The van der Waals surface area contributed by atoms with Gasteiger partial charge in [-0.15, -0.1) is 0 Å². The van der Waals surface area contributed by atoms with E-state index in [1.807, 2.05) is 0 Å². The van der Waals surface area contributed by atoms with E-state index >= 15 is 0 Å². The SMILES string of the molecule is CCCc1c(Cl)ncnc1N(C)C1CCC(C)CC1. The van der Waals surface area contributed by atoms with E-state index in [1.165, 1.54) is 25.7 Å². The predicted octanol–water partition coefficient (Wildman–Crippen LogP) is 4.10. The van der Waals surface area contributed by atoms with E-state index in [1.54, 1.807) is 6.33 Å². The predicted molar refractivity (Wildman–Crippen MR) is 80.9 cm³/mol. The number of hydrogen-bond donors (Lipinski definition) is 0. The molecule has 1 aliphatic rings. The topological polar surface area (TPSA) is 29.0 Å². The minimum Gasteiger partial charge on any atom is -0.356 e. The van der Waals surface area contributed by atoms with Crippen LogP contribution in [0.5, 0.6) is 0 Å². The summed E-state index contributed by atoms with van der Waals surface area (Å²) in [5, 5.41) is 0.614. The fourth-order valence-electron chi connectivity index (χ4n) is 2.95. The third-order valence-electron chi connectivity index (χ3n) is 4.24. The molecule has 0 saturated heterocycles. The smallest absolute Gasteiger partial charge is 0.137 e. The summed E-state index contributed by atoms with van der Waals surface area (Å²) in [6.07, 6.45) is 8.74. The van der Waals surface area contributed by atoms with Crippen molar-refractivity contribution >= 4 is 17.4 Å². The van der Waals surface area contributed by atoms with Crippen molar-refractivity contribution in [3.63, 3.8) is 0 Å². The van der Waals surface area contributed by atoms with Gasteiger partial charge < -0.3 is 4.90 Å². The van der Waals surface area contributed by atoms with Gasteiger partial charge in [0.15, 0.2) is 0 Å². The molecule has 1 saturated carbocycles. The van der Waals surface area contributed by atoms with Gasteiger partial charge in [0.1, 0.15) is 17.3 Å². The van der Waals surface area contributed by atoms with Gasteiger partial charge in [-0.3, -0.25) is 0 Å².